The van der Waals surface area contributed by atoms with E-state index in [9.17, 15) is 20.1 Å². The number of benzene rings is 2. The van der Waals surface area contributed by atoms with E-state index in [1.807, 2.05) is 13.8 Å². The van der Waals surface area contributed by atoms with Gasteiger partial charge in [-0.3, -0.25) is 0 Å². The fourth-order valence-electron chi connectivity index (χ4n) is 3.95. The number of rotatable bonds is 5. The molecule has 2 aromatic carbocycles. The van der Waals surface area contributed by atoms with Crippen LogP contribution in [-0.2, 0) is 0 Å². The highest BCUT2D eigenvalue weighted by atomic mass is 16.5. The molecule has 0 unspecified atom stereocenters. The van der Waals surface area contributed by atoms with Crippen molar-refractivity contribution in [2.75, 3.05) is 13.1 Å². The van der Waals surface area contributed by atoms with E-state index in [0.29, 0.717) is 48.5 Å². The summed E-state index contributed by atoms with van der Waals surface area (Å²) in [4.78, 5) is 12.4. The molecule has 4 rings (SSSR count). The lowest BCUT2D eigenvalue weighted by Crippen LogP contribution is -2.41. The van der Waals surface area contributed by atoms with Gasteiger partial charge in [-0.15, -0.1) is 5.10 Å². The summed E-state index contributed by atoms with van der Waals surface area (Å²) in [5.41, 5.74) is 1.52. The summed E-state index contributed by atoms with van der Waals surface area (Å²) in [6.45, 7) is 4.71. The van der Waals surface area contributed by atoms with Gasteiger partial charge in [-0.2, -0.15) is 0 Å². The Labute approximate surface area is 190 Å². The van der Waals surface area contributed by atoms with Crippen molar-refractivity contribution < 1.29 is 30.0 Å². The molecular formula is C23H26N4O6. The normalized spacial score (nSPS) is 14.6. The summed E-state index contributed by atoms with van der Waals surface area (Å²) in [5.74, 6) is 0.654. The zero-order chi connectivity index (χ0) is 23.7. The third kappa shape index (κ3) is 4.50. The molecule has 4 N–H and O–H groups in total. The number of piperidine rings is 1. The van der Waals surface area contributed by atoms with Gasteiger partial charge in [0.25, 0.3) is 0 Å². The largest absolute Gasteiger partial charge is 0.508 e. The third-order valence-electron chi connectivity index (χ3n) is 5.76. The second-order valence-corrected chi connectivity index (χ2v) is 8.32. The van der Waals surface area contributed by atoms with Crippen LogP contribution in [0.5, 0.6) is 23.3 Å². The van der Waals surface area contributed by atoms with Crippen LogP contribution in [0.3, 0.4) is 0 Å². The highest BCUT2D eigenvalue weighted by Crippen LogP contribution is 2.39. The average molecular weight is 454 g/mol. The molecule has 174 valence electrons. The quantitative estimate of drug-likeness (QED) is 0.457. The van der Waals surface area contributed by atoms with Crippen LogP contribution >= 0.6 is 0 Å². The van der Waals surface area contributed by atoms with E-state index in [0.717, 1.165) is 0 Å². The fourth-order valence-corrected chi connectivity index (χ4v) is 3.95. The van der Waals surface area contributed by atoms with Gasteiger partial charge in [-0.05, 0) is 41.8 Å². The number of nitrogens with zero attached hydrogens (tertiary/aromatic N) is 4. The lowest BCUT2D eigenvalue weighted by molar-refractivity contribution is 0.0894. The molecule has 1 aliphatic heterocycles. The Hall–Kier alpha value is -3.95. The number of carboxylic acid groups (broad SMARTS) is 1. The Morgan fingerprint density at radius 1 is 1.03 bits per heavy atom. The average Bonchev–Trinajstić information content (AvgIpc) is 3.15. The van der Waals surface area contributed by atoms with Gasteiger partial charge in [0.05, 0.1) is 11.3 Å². The second kappa shape index (κ2) is 8.89. The highest BCUT2D eigenvalue weighted by molar-refractivity contribution is 5.69. The first kappa shape index (κ1) is 22.3. The second-order valence-electron chi connectivity index (χ2n) is 8.32. The van der Waals surface area contributed by atoms with Crippen molar-refractivity contribution in [1.29, 1.82) is 0 Å². The summed E-state index contributed by atoms with van der Waals surface area (Å²) in [6, 6.07) is 9.50. The molecule has 33 heavy (non-hydrogen) atoms. The number of aromatic hydroxyl groups is 3. The van der Waals surface area contributed by atoms with E-state index in [4.69, 9.17) is 9.84 Å². The van der Waals surface area contributed by atoms with Crippen molar-refractivity contribution in [2.45, 2.75) is 38.7 Å². The molecule has 1 aromatic heterocycles. The van der Waals surface area contributed by atoms with Gasteiger partial charge in [0, 0.05) is 32.0 Å². The van der Waals surface area contributed by atoms with Crippen molar-refractivity contribution in [3.63, 3.8) is 0 Å². The number of phenols is 2. The van der Waals surface area contributed by atoms with Gasteiger partial charge >= 0.3 is 12.1 Å². The van der Waals surface area contributed by atoms with Gasteiger partial charge in [0.2, 0.25) is 0 Å². The minimum absolute atomic E-state index is 0.00751. The Kier molecular flexibility index (Phi) is 5.99. The number of phenolic OH excluding ortho intramolecular Hbond substituents is 2. The zero-order valence-electron chi connectivity index (χ0n) is 18.3. The minimum atomic E-state index is -0.914. The Morgan fingerprint density at radius 3 is 2.30 bits per heavy atom. The SMILES string of the molecule is CC(C)c1cc(-c2nnc(O)n2-c2ccc(OC3CCN(C(=O)O)CC3)cc2)c(O)cc1O. The van der Waals surface area contributed by atoms with Crippen molar-refractivity contribution >= 4 is 6.09 Å². The van der Waals surface area contributed by atoms with Crippen molar-refractivity contribution in [3.8, 4) is 40.3 Å². The molecule has 2 heterocycles. The lowest BCUT2D eigenvalue weighted by atomic mass is 9.98. The molecule has 1 amide bonds. The van der Waals surface area contributed by atoms with Gasteiger partial charge in [0.15, 0.2) is 5.82 Å². The molecule has 0 atom stereocenters. The molecule has 10 nitrogen and oxygen atoms in total. The molecule has 10 heteroatoms. The number of aromatic nitrogens is 3. The number of carbonyl (C=O) groups is 1. The first-order chi connectivity index (χ1) is 15.7. The molecule has 1 fully saturated rings. The van der Waals surface area contributed by atoms with Crippen molar-refractivity contribution in [3.05, 3.63) is 42.0 Å². The molecule has 0 saturated carbocycles. The predicted octanol–water partition coefficient (Wildman–Crippen LogP) is 3.70. The zero-order valence-corrected chi connectivity index (χ0v) is 18.3. The van der Waals surface area contributed by atoms with Gasteiger partial charge in [0.1, 0.15) is 23.4 Å². The number of hydrogen-bond donors (Lipinski definition) is 4. The van der Waals surface area contributed by atoms with Gasteiger partial charge in [-0.1, -0.05) is 18.9 Å². The lowest BCUT2D eigenvalue weighted by Gasteiger charge is -2.30. The van der Waals surface area contributed by atoms with Crippen LogP contribution in [0.15, 0.2) is 36.4 Å². The maximum absolute atomic E-state index is 11.0. The van der Waals surface area contributed by atoms with Crippen molar-refractivity contribution in [2.24, 2.45) is 0 Å². The smallest absolute Gasteiger partial charge is 0.407 e. The van der Waals surface area contributed by atoms with Crippen LogP contribution in [-0.4, -0.2) is 65.4 Å². The molecular weight excluding hydrogens is 428 g/mol. The van der Waals surface area contributed by atoms with E-state index in [1.165, 1.54) is 15.5 Å². The van der Waals surface area contributed by atoms with Crippen LogP contribution < -0.4 is 4.74 Å². The van der Waals surface area contributed by atoms with Crippen LogP contribution in [0.25, 0.3) is 17.1 Å². The molecule has 0 bridgehead atoms. The molecule has 1 aliphatic rings. The summed E-state index contributed by atoms with van der Waals surface area (Å²) in [6.07, 6.45) is 0.238. The third-order valence-corrected chi connectivity index (χ3v) is 5.76. The molecule has 3 aromatic rings. The number of likely N-dealkylation sites (tertiary alicyclic amines) is 1. The maximum Gasteiger partial charge on any atom is 0.407 e. The topological polar surface area (TPSA) is 141 Å². The van der Waals surface area contributed by atoms with Crippen LogP contribution in [0, 0.1) is 0 Å². The molecule has 0 radical (unpaired) electrons. The summed E-state index contributed by atoms with van der Waals surface area (Å²) in [7, 11) is 0. The molecule has 0 spiro atoms. The molecule has 0 aliphatic carbocycles. The minimum Gasteiger partial charge on any atom is -0.508 e. The Bertz CT molecular complexity index is 1150. The van der Waals surface area contributed by atoms with E-state index < -0.39 is 6.09 Å². The van der Waals surface area contributed by atoms with Gasteiger partial charge < -0.3 is 30.1 Å². The van der Waals surface area contributed by atoms with Crippen LogP contribution in [0.2, 0.25) is 0 Å². The monoisotopic (exact) mass is 454 g/mol. The Balaban J connectivity index is 1.58. The number of hydrogen-bond acceptors (Lipinski definition) is 7. The number of ether oxygens (including phenoxy) is 1. The van der Waals surface area contributed by atoms with E-state index >= 15 is 0 Å². The van der Waals surface area contributed by atoms with E-state index in [-0.39, 0.29) is 35.4 Å². The van der Waals surface area contributed by atoms with Crippen LogP contribution in [0.1, 0.15) is 38.2 Å². The Morgan fingerprint density at radius 2 is 1.70 bits per heavy atom. The van der Waals surface area contributed by atoms with Crippen molar-refractivity contribution in [1.82, 2.24) is 19.7 Å². The first-order valence-corrected chi connectivity index (χ1v) is 10.7. The number of amides is 1. The predicted molar refractivity (Wildman–Crippen MR) is 119 cm³/mol. The van der Waals surface area contributed by atoms with Gasteiger partial charge in [-0.25, -0.2) is 9.36 Å². The fraction of sp³-hybridized carbons (Fsp3) is 0.348. The standard InChI is InChI=1S/C23H26N4O6/c1-13(2)17-11-18(20(29)12-19(17)28)21-24-25-22(30)27(21)14-3-5-15(6-4-14)33-16-7-9-26(10-8-16)23(31)32/h3-6,11-13,16,28-29H,7-10H2,1-2H3,(H,25,30)(H,31,32). The van der Waals surface area contributed by atoms with E-state index in [1.54, 1.807) is 30.3 Å². The summed E-state index contributed by atoms with van der Waals surface area (Å²) >= 11 is 0. The van der Waals surface area contributed by atoms with Crippen LogP contribution in [0.4, 0.5) is 4.79 Å². The maximum atomic E-state index is 11.0. The first-order valence-electron chi connectivity index (χ1n) is 10.7. The van der Waals surface area contributed by atoms with E-state index in [2.05, 4.69) is 10.2 Å². The summed E-state index contributed by atoms with van der Waals surface area (Å²) in [5, 5.41) is 47.7. The molecule has 1 saturated heterocycles. The summed E-state index contributed by atoms with van der Waals surface area (Å²) < 4.78 is 7.38. The highest BCUT2D eigenvalue weighted by Gasteiger charge is 2.24.